The smallest absolute Gasteiger partial charge is 1.00 e. The molecule has 166 valence electrons. The van der Waals surface area contributed by atoms with Gasteiger partial charge in [-0.05, 0) is 63.6 Å². The Morgan fingerprint density at radius 3 is 2.00 bits per heavy atom. The average Bonchev–Trinajstić information content (AvgIpc) is 3.41. The van der Waals surface area contributed by atoms with E-state index in [0.29, 0.717) is 6.04 Å². The van der Waals surface area contributed by atoms with Crippen LogP contribution in [-0.4, -0.2) is 59.4 Å². The van der Waals surface area contributed by atoms with Crippen LogP contribution in [0.1, 0.15) is 33.2 Å². The van der Waals surface area contributed by atoms with Gasteiger partial charge < -0.3 is 21.0 Å². The van der Waals surface area contributed by atoms with Crippen LogP contribution in [0, 0.1) is 0 Å². The summed E-state index contributed by atoms with van der Waals surface area (Å²) >= 11 is 9.11. The maximum Gasteiger partial charge on any atom is 1.00 e. The van der Waals surface area contributed by atoms with Gasteiger partial charge in [0.15, 0.2) is 0 Å². The Kier molecular flexibility index (Phi) is 28.7. The second kappa shape index (κ2) is 24.6. The predicted molar refractivity (Wildman–Crippen MR) is 126 cm³/mol. The minimum absolute atomic E-state index is 0. The van der Waals surface area contributed by atoms with Crippen LogP contribution in [0.15, 0.2) is 32.4 Å². The second-order valence-electron chi connectivity index (χ2n) is 6.04. The van der Waals surface area contributed by atoms with Crippen molar-refractivity contribution < 1.29 is 129 Å². The van der Waals surface area contributed by atoms with E-state index in [1.807, 2.05) is 23.2 Å². The van der Waals surface area contributed by atoms with E-state index in [1.165, 1.54) is 12.8 Å². The van der Waals surface area contributed by atoms with Crippen LogP contribution in [0.3, 0.4) is 0 Å². The second-order valence-corrected chi connectivity index (χ2v) is 9.64. The normalized spacial score (nSPS) is 17.6. The molecule has 2 fully saturated rings. The third kappa shape index (κ3) is 19.8. The standard InChI is InChI=1S/C8H11BrN2O.C5H9IO.C4H4BrN.CH2O3.2K.H/c9-7-5-10-11(6-7)8-1-3-12-4-2-8;6-5-1-3-7-4-2-5;5-4-1-2-6-3-4;2-1-4-3;;;/h5-6,8H,1-4H2;5H,1-4H2;1,3H,2H2;1,3H;;;/q;;;;2*+1;-1/p-1. The van der Waals surface area contributed by atoms with Gasteiger partial charge in [0.25, 0.3) is 6.47 Å². The predicted octanol–water partition coefficient (Wildman–Crippen LogP) is -2.50. The molecule has 3 aliphatic rings. The number of rotatable bonds is 2. The Bertz CT molecular complexity index is 633. The van der Waals surface area contributed by atoms with Gasteiger partial charge in [0.05, 0.1) is 23.3 Å². The van der Waals surface area contributed by atoms with Crippen molar-refractivity contribution in [2.75, 3.05) is 33.0 Å². The molecule has 4 heterocycles. The molecule has 0 radical (unpaired) electrons. The van der Waals surface area contributed by atoms with Crippen LogP contribution in [0.25, 0.3) is 0 Å². The van der Waals surface area contributed by atoms with E-state index >= 15 is 0 Å². The molecule has 31 heavy (non-hydrogen) atoms. The molecule has 0 amide bonds. The number of ether oxygens (including phenoxy) is 2. The molecule has 4 rings (SSSR count). The van der Waals surface area contributed by atoms with Crippen molar-refractivity contribution in [1.82, 2.24) is 9.78 Å². The van der Waals surface area contributed by atoms with Gasteiger partial charge in [-0.25, -0.2) is 0 Å². The molecule has 0 spiro atoms. The van der Waals surface area contributed by atoms with Gasteiger partial charge in [0.1, 0.15) is 0 Å². The molecule has 1 aromatic rings. The number of hydrogen-bond acceptors (Lipinski definition) is 7. The number of alkyl halides is 1. The Balaban J connectivity index is -0.000000368. The molecule has 1 aromatic heterocycles. The summed E-state index contributed by atoms with van der Waals surface area (Å²) in [7, 11) is 0. The summed E-state index contributed by atoms with van der Waals surface area (Å²) in [4.78, 5) is 15.1. The van der Waals surface area contributed by atoms with Crippen molar-refractivity contribution >= 4 is 67.1 Å². The van der Waals surface area contributed by atoms with E-state index in [4.69, 9.17) is 19.5 Å². The van der Waals surface area contributed by atoms with E-state index in [0.717, 1.165) is 58.7 Å². The summed E-state index contributed by atoms with van der Waals surface area (Å²) in [6, 6.07) is 0.532. The fraction of sp³-hybridized carbons (Fsp3) is 0.611. The van der Waals surface area contributed by atoms with Crippen molar-refractivity contribution in [1.29, 1.82) is 0 Å². The minimum atomic E-state index is -0.181. The number of aromatic nitrogens is 2. The molecule has 0 unspecified atom stereocenters. The first-order valence-electron chi connectivity index (χ1n) is 9.13. The fourth-order valence-corrected chi connectivity index (χ4v) is 3.57. The SMILES string of the molecule is BrC1=CCN=C1.Brc1cnn(C2CCOCC2)c1.IC1CCOCC1.O=CO[O-].[H-].[K+].[K+]. The first kappa shape index (κ1) is 36.1. The van der Waals surface area contributed by atoms with Crippen molar-refractivity contribution in [3.05, 3.63) is 27.4 Å². The van der Waals surface area contributed by atoms with Crippen LogP contribution >= 0.6 is 54.5 Å². The molecule has 0 bridgehead atoms. The molecular weight excluding hydrogens is 703 g/mol. The van der Waals surface area contributed by atoms with Gasteiger partial charge >= 0.3 is 103 Å². The number of nitrogens with zero attached hydrogens (tertiary/aromatic N) is 3. The maximum atomic E-state index is 8.64. The zero-order valence-electron chi connectivity index (χ0n) is 18.9. The number of halogens is 3. The van der Waals surface area contributed by atoms with Crippen molar-refractivity contribution in [3.8, 4) is 0 Å². The Morgan fingerprint density at radius 1 is 1.16 bits per heavy atom. The average molecular weight is 729 g/mol. The van der Waals surface area contributed by atoms with Crippen LogP contribution < -0.4 is 108 Å². The third-order valence-corrected chi connectivity index (χ3v) is 6.12. The summed E-state index contributed by atoms with van der Waals surface area (Å²) in [6.45, 7) is 4.35. The first-order valence-corrected chi connectivity index (χ1v) is 12.0. The number of hydrogen-bond donors (Lipinski definition) is 0. The van der Waals surface area contributed by atoms with Crippen LogP contribution in [-0.2, 0) is 19.2 Å². The van der Waals surface area contributed by atoms with E-state index in [2.05, 4.69) is 69.4 Å². The van der Waals surface area contributed by atoms with Crippen LogP contribution in [0.4, 0.5) is 0 Å². The Labute approximate surface area is 300 Å². The van der Waals surface area contributed by atoms with E-state index in [1.54, 1.807) is 6.21 Å². The zero-order chi connectivity index (χ0) is 21.3. The van der Waals surface area contributed by atoms with Gasteiger partial charge in [-0.1, -0.05) is 22.6 Å². The van der Waals surface area contributed by atoms with E-state index in [9.17, 15) is 0 Å². The number of aliphatic imine (C=N–C) groups is 1. The molecule has 3 aliphatic heterocycles. The first-order chi connectivity index (χ1) is 14.1. The number of carbonyl (C=O) groups is 1. The minimum Gasteiger partial charge on any atom is -1.00 e. The Morgan fingerprint density at radius 2 is 1.71 bits per heavy atom. The molecule has 0 saturated carbocycles. The summed E-state index contributed by atoms with van der Waals surface area (Å²) < 4.78 is 15.5. The van der Waals surface area contributed by atoms with Gasteiger partial charge in [0.2, 0.25) is 0 Å². The van der Waals surface area contributed by atoms with Gasteiger partial charge in [-0.15, -0.1) is 0 Å². The summed E-state index contributed by atoms with van der Waals surface area (Å²) in [6.07, 6.45) is 12.3. The summed E-state index contributed by atoms with van der Waals surface area (Å²) in [5.74, 6) is 0. The molecule has 8 nitrogen and oxygen atoms in total. The number of carbonyl (C=O) groups excluding carboxylic acids is 1. The van der Waals surface area contributed by atoms with Gasteiger partial charge in [-0.2, -0.15) is 5.10 Å². The van der Waals surface area contributed by atoms with E-state index in [-0.39, 0.29) is 111 Å². The monoisotopic (exact) mass is 727 g/mol. The maximum absolute atomic E-state index is 8.64. The van der Waals surface area contributed by atoms with Gasteiger partial charge in [0, 0.05) is 47.2 Å². The van der Waals surface area contributed by atoms with Crippen LogP contribution in [0.2, 0.25) is 0 Å². The third-order valence-electron chi connectivity index (χ3n) is 3.93. The number of allylic oxidation sites excluding steroid dienone is 1. The summed E-state index contributed by atoms with van der Waals surface area (Å²) in [5.41, 5.74) is 0. The molecule has 0 aromatic carbocycles. The molecule has 0 aliphatic carbocycles. The quantitative estimate of drug-likeness (QED) is 0.0836. The van der Waals surface area contributed by atoms with Crippen molar-refractivity contribution in [3.63, 3.8) is 0 Å². The molecule has 0 atom stereocenters. The summed E-state index contributed by atoms with van der Waals surface area (Å²) in [5, 5.41) is 12.7. The fourth-order valence-electron chi connectivity index (χ4n) is 2.47. The molecular formula is C18H26Br2IK2N3O5. The van der Waals surface area contributed by atoms with Crippen molar-refractivity contribution in [2.24, 2.45) is 4.99 Å². The topological polar surface area (TPSA) is 98.0 Å². The van der Waals surface area contributed by atoms with E-state index < -0.39 is 0 Å². The zero-order valence-corrected chi connectivity index (χ0v) is 29.5. The Hall–Kier alpha value is 2.93. The largest absolute Gasteiger partial charge is 1.00 e. The molecule has 2 saturated heterocycles. The molecule has 0 N–H and O–H groups in total. The van der Waals surface area contributed by atoms with Gasteiger partial charge in [-0.3, -0.25) is 14.5 Å². The van der Waals surface area contributed by atoms with Crippen LogP contribution in [0.5, 0.6) is 0 Å². The molecule has 13 heteroatoms. The van der Waals surface area contributed by atoms with Crippen molar-refractivity contribution in [2.45, 2.75) is 35.6 Å².